The molecule has 0 saturated carbocycles. The van der Waals surface area contributed by atoms with Gasteiger partial charge >= 0.3 is 11.9 Å². The first-order valence-electron chi connectivity index (χ1n) is 9.24. The van der Waals surface area contributed by atoms with E-state index in [2.05, 4.69) is 4.99 Å². The number of ether oxygens (including phenoxy) is 2. The normalized spacial score (nSPS) is 11.5. The summed E-state index contributed by atoms with van der Waals surface area (Å²) in [4.78, 5) is 41.1. The molecule has 1 heterocycles. The van der Waals surface area contributed by atoms with Crippen molar-refractivity contribution in [3.63, 3.8) is 0 Å². The fourth-order valence-corrected chi connectivity index (χ4v) is 4.14. The maximum Gasteiger partial charge on any atom is 0.337 e. The van der Waals surface area contributed by atoms with Crippen molar-refractivity contribution in [2.45, 2.75) is 26.8 Å². The summed E-state index contributed by atoms with van der Waals surface area (Å²) in [5, 5.41) is 0. The second-order valence-corrected chi connectivity index (χ2v) is 7.84. The second kappa shape index (κ2) is 9.04. The molecule has 2 aromatic carbocycles. The predicted octanol–water partition coefficient (Wildman–Crippen LogP) is 2.95. The number of amides is 1. The van der Waals surface area contributed by atoms with Crippen molar-refractivity contribution in [2.75, 3.05) is 14.2 Å². The minimum absolute atomic E-state index is 0.0936. The molecule has 3 rings (SSSR count). The van der Waals surface area contributed by atoms with Gasteiger partial charge in [0.05, 0.1) is 36.4 Å². The van der Waals surface area contributed by atoms with Crippen molar-refractivity contribution >= 4 is 39.4 Å². The Morgan fingerprint density at radius 2 is 1.80 bits per heavy atom. The maximum absolute atomic E-state index is 12.7. The highest BCUT2D eigenvalue weighted by atomic mass is 32.1. The number of carbonyl (C=O) groups is 3. The molecule has 0 fully saturated rings. The van der Waals surface area contributed by atoms with Gasteiger partial charge in [0.25, 0.3) is 5.91 Å². The van der Waals surface area contributed by atoms with Crippen molar-refractivity contribution in [3.8, 4) is 0 Å². The Bertz CT molecular complexity index is 1210. The van der Waals surface area contributed by atoms with E-state index in [4.69, 9.17) is 9.47 Å². The third-order valence-electron chi connectivity index (χ3n) is 4.69. The van der Waals surface area contributed by atoms with Crippen molar-refractivity contribution in [3.05, 3.63) is 63.5 Å². The summed E-state index contributed by atoms with van der Waals surface area (Å²) in [5.41, 5.74) is 4.06. The first-order chi connectivity index (χ1) is 14.3. The molecule has 156 valence electrons. The Morgan fingerprint density at radius 1 is 1.03 bits per heavy atom. The number of aryl methyl sites for hydroxylation is 2. The lowest BCUT2D eigenvalue weighted by Gasteiger charge is -2.05. The average Bonchev–Trinajstić information content (AvgIpc) is 3.05. The van der Waals surface area contributed by atoms with Gasteiger partial charge in [-0.1, -0.05) is 35.1 Å². The van der Waals surface area contributed by atoms with E-state index in [1.54, 1.807) is 22.8 Å². The molecule has 0 unspecified atom stereocenters. The SMILES string of the molecule is COC(=O)Cn1c(=NC(=O)Cc2cc(C)ccc2C)sc2cc(C(=O)OC)ccc21. The lowest BCUT2D eigenvalue weighted by atomic mass is 10.0. The van der Waals surface area contributed by atoms with Gasteiger partial charge in [-0.2, -0.15) is 4.99 Å². The first kappa shape index (κ1) is 21.4. The van der Waals surface area contributed by atoms with E-state index in [1.807, 2.05) is 32.0 Å². The van der Waals surface area contributed by atoms with E-state index >= 15 is 0 Å². The number of aromatic nitrogens is 1. The van der Waals surface area contributed by atoms with Gasteiger partial charge in [0.2, 0.25) is 0 Å². The summed E-state index contributed by atoms with van der Waals surface area (Å²) in [6.45, 7) is 3.83. The third-order valence-corrected chi connectivity index (χ3v) is 5.73. The lowest BCUT2D eigenvalue weighted by Crippen LogP contribution is -2.22. The number of thiazole rings is 1. The number of esters is 2. The van der Waals surface area contributed by atoms with Crippen LogP contribution in [-0.2, 0) is 32.0 Å². The number of fused-ring (bicyclic) bond motifs is 1. The van der Waals surface area contributed by atoms with E-state index in [9.17, 15) is 14.4 Å². The summed E-state index contributed by atoms with van der Waals surface area (Å²) < 4.78 is 11.9. The Balaban J connectivity index is 2.06. The number of methoxy groups -OCH3 is 2. The fraction of sp³-hybridized carbons (Fsp3) is 0.273. The van der Waals surface area contributed by atoms with Crippen LogP contribution in [0.15, 0.2) is 41.4 Å². The van der Waals surface area contributed by atoms with Crippen LogP contribution in [0.2, 0.25) is 0 Å². The number of rotatable bonds is 5. The van der Waals surface area contributed by atoms with Crippen LogP contribution >= 0.6 is 11.3 Å². The summed E-state index contributed by atoms with van der Waals surface area (Å²) in [6, 6.07) is 10.9. The Morgan fingerprint density at radius 3 is 2.50 bits per heavy atom. The van der Waals surface area contributed by atoms with Crippen molar-refractivity contribution in [2.24, 2.45) is 4.99 Å². The molecule has 1 aromatic heterocycles. The molecule has 0 aliphatic heterocycles. The largest absolute Gasteiger partial charge is 0.468 e. The first-order valence-corrected chi connectivity index (χ1v) is 10.1. The quantitative estimate of drug-likeness (QED) is 0.586. The van der Waals surface area contributed by atoms with E-state index in [-0.39, 0.29) is 18.9 Å². The van der Waals surface area contributed by atoms with Crippen LogP contribution in [0.25, 0.3) is 10.2 Å². The summed E-state index contributed by atoms with van der Waals surface area (Å²) in [6.07, 6.45) is 0.160. The highest BCUT2D eigenvalue weighted by Crippen LogP contribution is 2.20. The van der Waals surface area contributed by atoms with E-state index in [0.29, 0.717) is 20.6 Å². The predicted molar refractivity (Wildman–Crippen MR) is 113 cm³/mol. The molecule has 0 radical (unpaired) electrons. The number of hydrogen-bond acceptors (Lipinski definition) is 6. The van der Waals surface area contributed by atoms with Crippen LogP contribution in [0.3, 0.4) is 0 Å². The smallest absolute Gasteiger partial charge is 0.337 e. The van der Waals surface area contributed by atoms with Crippen LogP contribution in [-0.4, -0.2) is 36.6 Å². The molecular weight excluding hydrogens is 404 g/mol. The molecule has 0 spiro atoms. The molecule has 30 heavy (non-hydrogen) atoms. The molecule has 7 nitrogen and oxygen atoms in total. The van der Waals surface area contributed by atoms with Crippen molar-refractivity contribution < 1.29 is 23.9 Å². The highest BCUT2D eigenvalue weighted by molar-refractivity contribution is 7.16. The van der Waals surface area contributed by atoms with E-state index < -0.39 is 11.9 Å². The molecular formula is C22H22N2O5S. The lowest BCUT2D eigenvalue weighted by molar-refractivity contribution is -0.141. The molecule has 0 bridgehead atoms. The molecule has 1 amide bonds. The minimum Gasteiger partial charge on any atom is -0.468 e. The zero-order chi connectivity index (χ0) is 21.8. The van der Waals surface area contributed by atoms with Gasteiger partial charge in [-0.3, -0.25) is 9.59 Å². The standard InChI is InChI=1S/C22H22N2O5S/c1-13-5-6-14(2)16(9-13)11-19(25)23-22-24(12-20(26)28-3)17-8-7-15(21(27)29-4)10-18(17)30-22/h5-10H,11-12H2,1-4H3. The summed E-state index contributed by atoms with van der Waals surface area (Å²) >= 11 is 1.22. The molecule has 3 aromatic rings. The number of nitrogens with zero attached hydrogens (tertiary/aromatic N) is 2. The second-order valence-electron chi connectivity index (χ2n) is 6.83. The van der Waals surface area contributed by atoms with E-state index in [0.717, 1.165) is 16.7 Å². The highest BCUT2D eigenvalue weighted by Gasteiger charge is 2.15. The zero-order valence-corrected chi connectivity index (χ0v) is 18.0. The molecule has 0 aliphatic rings. The Hall–Kier alpha value is -3.26. The van der Waals surface area contributed by atoms with Gasteiger partial charge in [0, 0.05) is 0 Å². The topological polar surface area (TPSA) is 87.0 Å². The van der Waals surface area contributed by atoms with Crippen LogP contribution < -0.4 is 4.80 Å². The van der Waals surface area contributed by atoms with Crippen LogP contribution in [0, 0.1) is 13.8 Å². The van der Waals surface area contributed by atoms with Gasteiger partial charge in [-0.15, -0.1) is 0 Å². The molecule has 0 saturated heterocycles. The van der Waals surface area contributed by atoms with Crippen molar-refractivity contribution in [1.82, 2.24) is 4.57 Å². The Labute approximate surface area is 177 Å². The summed E-state index contributed by atoms with van der Waals surface area (Å²) in [5.74, 6) is -1.24. The summed E-state index contributed by atoms with van der Waals surface area (Å²) in [7, 11) is 2.61. The fourth-order valence-electron chi connectivity index (χ4n) is 3.05. The van der Waals surface area contributed by atoms with Crippen LogP contribution in [0.4, 0.5) is 0 Å². The Kier molecular flexibility index (Phi) is 6.47. The van der Waals surface area contributed by atoms with Crippen LogP contribution in [0.1, 0.15) is 27.0 Å². The molecule has 0 atom stereocenters. The average molecular weight is 426 g/mol. The van der Waals surface area contributed by atoms with Gasteiger partial charge < -0.3 is 14.0 Å². The number of hydrogen-bond donors (Lipinski definition) is 0. The minimum atomic E-state index is -0.464. The zero-order valence-electron chi connectivity index (χ0n) is 17.2. The van der Waals surface area contributed by atoms with Gasteiger partial charge in [0.1, 0.15) is 6.54 Å². The van der Waals surface area contributed by atoms with Crippen molar-refractivity contribution in [1.29, 1.82) is 0 Å². The number of benzene rings is 2. The molecule has 0 aliphatic carbocycles. The monoisotopic (exact) mass is 426 g/mol. The van der Waals surface area contributed by atoms with Gasteiger partial charge in [-0.25, -0.2) is 4.79 Å². The van der Waals surface area contributed by atoms with Crippen LogP contribution in [0.5, 0.6) is 0 Å². The maximum atomic E-state index is 12.7. The third kappa shape index (κ3) is 4.65. The van der Waals surface area contributed by atoms with Gasteiger partial charge in [0.15, 0.2) is 4.80 Å². The molecule has 0 N–H and O–H groups in total. The molecule has 8 heteroatoms. The van der Waals surface area contributed by atoms with E-state index in [1.165, 1.54) is 25.6 Å². The van der Waals surface area contributed by atoms with Gasteiger partial charge in [-0.05, 0) is 43.2 Å². The number of carbonyl (C=O) groups excluding carboxylic acids is 3.